The van der Waals surface area contributed by atoms with Crippen LogP contribution in [0, 0.1) is 0 Å². The van der Waals surface area contributed by atoms with Crippen LogP contribution in [0.3, 0.4) is 0 Å². The molecule has 1 aromatic rings. The first-order valence-corrected chi connectivity index (χ1v) is 5.89. The number of hydrogen-bond donors (Lipinski definition) is 2. The number of phenols is 1. The summed E-state index contributed by atoms with van der Waals surface area (Å²) in [5.74, 6) is 0.187. The Labute approximate surface area is 104 Å². The second-order valence-corrected chi connectivity index (χ2v) is 4.13. The summed E-state index contributed by atoms with van der Waals surface area (Å²) >= 11 is 11.2. The van der Waals surface area contributed by atoms with Crippen molar-refractivity contribution in [2.75, 3.05) is 12.4 Å². The number of aromatic hydroxyl groups is 1. The van der Waals surface area contributed by atoms with Crippen molar-refractivity contribution in [3.63, 3.8) is 0 Å². The standard InChI is InChI=1S/C11H13Cl2NO2/c12-5-1-2-6-14-11(16)9-7-8(13)3-4-10(9)15/h3-4,7,15H,1-2,5-6H2,(H,14,16). The number of unbranched alkanes of at least 4 members (excludes halogenated alkanes) is 1. The fraction of sp³-hybridized carbons (Fsp3) is 0.364. The predicted octanol–water partition coefficient (Wildman–Crippen LogP) is 2.79. The molecule has 0 aliphatic carbocycles. The Bertz CT molecular complexity index is 369. The zero-order chi connectivity index (χ0) is 12.0. The van der Waals surface area contributed by atoms with Gasteiger partial charge in [-0.3, -0.25) is 4.79 Å². The van der Waals surface area contributed by atoms with E-state index in [1.165, 1.54) is 18.2 Å². The van der Waals surface area contributed by atoms with E-state index < -0.39 is 0 Å². The Balaban J connectivity index is 2.55. The van der Waals surface area contributed by atoms with Crippen LogP contribution in [0.15, 0.2) is 18.2 Å². The highest BCUT2D eigenvalue weighted by Crippen LogP contribution is 2.21. The third-order valence-electron chi connectivity index (χ3n) is 2.05. The highest BCUT2D eigenvalue weighted by Gasteiger charge is 2.10. The van der Waals surface area contributed by atoms with Gasteiger partial charge in [0.25, 0.3) is 5.91 Å². The minimum absolute atomic E-state index is 0.0701. The normalized spacial score (nSPS) is 10.1. The molecule has 0 atom stereocenters. The molecule has 0 aliphatic heterocycles. The molecule has 0 bridgehead atoms. The lowest BCUT2D eigenvalue weighted by Gasteiger charge is -2.06. The van der Waals surface area contributed by atoms with Gasteiger partial charge in [-0.25, -0.2) is 0 Å². The summed E-state index contributed by atoms with van der Waals surface area (Å²) in [5, 5.41) is 12.6. The van der Waals surface area contributed by atoms with E-state index >= 15 is 0 Å². The number of hydrogen-bond acceptors (Lipinski definition) is 2. The molecule has 0 aliphatic rings. The molecule has 0 unspecified atom stereocenters. The molecule has 0 radical (unpaired) electrons. The van der Waals surface area contributed by atoms with Crippen LogP contribution in [0.2, 0.25) is 5.02 Å². The molecule has 1 aromatic carbocycles. The number of rotatable bonds is 5. The molecule has 0 saturated heterocycles. The van der Waals surface area contributed by atoms with Gasteiger partial charge in [-0.15, -0.1) is 11.6 Å². The lowest BCUT2D eigenvalue weighted by molar-refractivity contribution is 0.0950. The number of nitrogens with one attached hydrogen (secondary N) is 1. The summed E-state index contributed by atoms with van der Waals surface area (Å²) in [5.41, 5.74) is 0.193. The van der Waals surface area contributed by atoms with Crippen LogP contribution in [0.4, 0.5) is 0 Å². The Kier molecular flexibility index (Phi) is 5.43. The largest absolute Gasteiger partial charge is 0.507 e. The van der Waals surface area contributed by atoms with Crippen molar-refractivity contribution >= 4 is 29.1 Å². The van der Waals surface area contributed by atoms with Gasteiger partial charge < -0.3 is 10.4 Å². The molecule has 0 saturated carbocycles. The van der Waals surface area contributed by atoms with E-state index in [0.717, 1.165) is 12.8 Å². The number of carbonyl (C=O) groups excluding carboxylic acids is 1. The highest BCUT2D eigenvalue weighted by molar-refractivity contribution is 6.31. The van der Waals surface area contributed by atoms with Gasteiger partial charge in [-0.2, -0.15) is 0 Å². The zero-order valence-electron chi connectivity index (χ0n) is 8.67. The monoisotopic (exact) mass is 261 g/mol. The van der Waals surface area contributed by atoms with Crippen molar-refractivity contribution in [2.24, 2.45) is 0 Å². The molecule has 5 heteroatoms. The average Bonchev–Trinajstić information content (AvgIpc) is 2.27. The third-order valence-corrected chi connectivity index (χ3v) is 2.55. The van der Waals surface area contributed by atoms with Crippen molar-refractivity contribution in [2.45, 2.75) is 12.8 Å². The first-order valence-electron chi connectivity index (χ1n) is 4.98. The summed E-state index contributed by atoms with van der Waals surface area (Å²) in [7, 11) is 0. The molecule has 1 amide bonds. The summed E-state index contributed by atoms with van der Waals surface area (Å²) in [6, 6.07) is 4.37. The Morgan fingerprint density at radius 1 is 1.38 bits per heavy atom. The fourth-order valence-electron chi connectivity index (χ4n) is 1.21. The molecule has 0 heterocycles. The lowest BCUT2D eigenvalue weighted by Crippen LogP contribution is -2.24. The molecule has 3 nitrogen and oxygen atoms in total. The van der Waals surface area contributed by atoms with Gasteiger partial charge in [-0.05, 0) is 31.0 Å². The van der Waals surface area contributed by atoms with Gasteiger partial charge in [0.2, 0.25) is 0 Å². The maximum atomic E-state index is 11.6. The number of amides is 1. The zero-order valence-corrected chi connectivity index (χ0v) is 10.2. The topological polar surface area (TPSA) is 49.3 Å². The van der Waals surface area contributed by atoms with Crippen molar-refractivity contribution in [3.05, 3.63) is 28.8 Å². The second kappa shape index (κ2) is 6.61. The predicted molar refractivity (Wildman–Crippen MR) is 65.4 cm³/mol. The maximum absolute atomic E-state index is 11.6. The number of halogens is 2. The minimum Gasteiger partial charge on any atom is -0.507 e. The second-order valence-electron chi connectivity index (χ2n) is 3.31. The molecule has 0 spiro atoms. The van der Waals surface area contributed by atoms with E-state index in [9.17, 15) is 9.90 Å². The quantitative estimate of drug-likeness (QED) is 0.633. The molecule has 16 heavy (non-hydrogen) atoms. The van der Waals surface area contributed by atoms with Crippen LogP contribution < -0.4 is 5.32 Å². The van der Waals surface area contributed by atoms with E-state index in [1.54, 1.807) is 0 Å². The van der Waals surface area contributed by atoms with E-state index in [4.69, 9.17) is 23.2 Å². The molecular weight excluding hydrogens is 249 g/mol. The first kappa shape index (κ1) is 13.1. The van der Waals surface area contributed by atoms with Crippen LogP contribution in [-0.4, -0.2) is 23.4 Å². The van der Waals surface area contributed by atoms with Gasteiger partial charge >= 0.3 is 0 Å². The van der Waals surface area contributed by atoms with Crippen LogP contribution in [0.1, 0.15) is 23.2 Å². The Morgan fingerprint density at radius 2 is 2.12 bits per heavy atom. The molecule has 88 valence electrons. The molecule has 0 fully saturated rings. The maximum Gasteiger partial charge on any atom is 0.255 e. The highest BCUT2D eigenvalue weighted by atomic mass is 35.5. The van der Waals surface area contributed by atoms with Crippen LogP contribution in [0.5, 0.6) is 5.75 Å². The Morgan fingerprint density at radius 3 is 2.81 bits per heavy atom. The van der Waals surface area contributed by atoms with Crippen LogP contribution in [0.25, 0.3) is 0 Å². The van der Waals surface area contributed by atoms with E-state index in [1.807, 2.05) is 0 Å². The minimum atomic E-state index is -0.324. The van der Waals surface area contributed by atoms with Crippen molar-refractivity contribution in [1.82, 2.24) is 5.32 Å². The molecule has 2 N–H and O–H groups in total. The first-order chi connectivity index (χ1) is 7.65. The number of phenolic OH excluding ortho intramolecular Hbond substituents is 1. The van der Waals surface area contributed by atoms with Gasteiger partial charge in [0.1, 0.15) is 5.75 Å². The van der Waals surface area contributed by atoms with E-state index in [2.05, 4.69) is 5.32 Å². The molecule has 1 rings (SSSR count). The number of alkyl halides is 1. The molecule has 0 aromatic heterocycles. The van der Waals surface area contributed by atoms with Crippen LogP contribution >= 0.6 is 23.2 Å². The third kappa shape index (κ3) is 3.91. The van der Waals surface area contributed by atoms with E-state index in [-0.39, 0.29) is 17.2 Å². The van der Waals surface area contributed by atoms with Gasteiger partial charge in [0, 0.05) is 17.4 Å². The van der Waals surface area contributed by atoms with Crippen molar-refractivity contribution in [1.29, 1.82) is 0 Å². The summed E-state index contributed by atoms with van der Waals surface area (Å²) in [4.78, 5) is 11.6. The fourth-order valence-corrected chi connectivity index (χ4v) is 1.57. The summed E-state index contributed by atoms with van der Waals surface area (Å²) < 4.78 is 0. The average molecular weight is 262 g/mol. The van der Waals surface area contributed by atoms with Gasteiger partial charge in [0.05, 0.1) is 5.56 Å². The smallest absolute Gasteiger partial charge is 0.255 e. The molecular formula is C11H13Cl2NO2. The van der Waals surface area contributed by atoms with E-state index in [0.29, 0.717) is 17.4 Å². The lowest BCUT2D eigenvalue weighted by atomic mass is 10.2. The SMILES string of the molecule is O=C(NCCCCCl)c1cc(Cl)ccc1O. The van der Waals surface area contributed by atoms with Crippen molar-refractivity contribution < 1.29 is 9.90 Å². The Hall–Kier alpha value is -0.930. The summed E-state index contributed by atoms with van der Waals surface area (Å²) in [6.07, 6.45) is 1.67. The van der Waals surface area contributed by atoms with Gasteiger partial charge in [0.15, 0.2) is 0 Å². The summed E-state index contributed by atoms with van der Waals surface area (Å²) in [6.45, 7) is 0.539. The van der Waals surface area contributed by atoms with Crippen molar-refractivity contribution in [3.8, 4) is 5.75 Å². The van der Waals surface area contributed by atoms with Gasteiger partial charge in [-0.1, -0.05) is 11.6 Å². The number of benzene rings is 1. The van der Waals surface area contributed by atoms with Crippen LogP contribution in [-0.2, 0) is 0 Å². The number of carbonyl (C=O) groups is 1.